The van der Waals surface area contributed by atoms with E-state index in [0.717, 1.165) is 100 Å². The average Bonchev–Trinajstić information content (AvgIpc) is 3.91. The highest BCUT2D eigenvalue weighted by molar-refractivity contribution is 7.80. The Morgan fingerprint density at radius 1 is 0.891 bits per heavy atom. The van der Waals surface area contributed by atoms with E-state index in [4.69, 9.17) is 31.3 Å². The standard InChI is InChI=1S/C48H54ClN9O5S/c1-53(2)64(61)58-22-20-57(21-23-58)34-14-16-36(17-15-34)63-30-41-45-42(56(5)52-41)29-50-28-33-27-35(55(4)51-33)13-12-31-25-32-9-6-7-10-37(32)43(26-31)62-24-8-11-38-39-18-19-40(49)44(45)46(39)54(3)47(38)48(59)60/h6-7,9-10,14-19,25-27,50H,8,11-13,20-24,28-30H2,1-5H3,(H,59,60)/p+1. The van der Waals surface area contributed by atoms with Crippen LogP contribution in [-0.2, 0) is 75.5 Å². The van der Waals surface area contributed by atoms with Gasteiger partial charge in [-0.2, -0.15) is 10.2 Å². The Hall–Kier alpha value is -5.71. The lowest BCUT2D eigenvalue weighted by atomic mass is 9.97. The van der Waals surface area contributed by atoms with E-state index < -0.39 is 17.1 Å². The quantitative estimate of drug-likeness (QED) is 0.128. The van der Waals surface area contributed by atoms with E-state index in [1.54, 1.807) is 15.9 Å². The minimum atomic E-state index is -1.53. The fraction of sp³-hybridized carbons (Fsp3) is 0.354. The third kappa shape index (κ3) is 8.62. The second-order valence-corrected chi connectivity index (χ2v) is 19.1. The molecule has 3 aromatic heterocycles. The molecule has 2 aliphatic heterocycles. The van der Waals surface area contributed by atoms with Crippen molar-refractivity contribution >= 4 is 56.1 Å². The normalized spacial score (nSPS) is 15.9. The molecule has 0 saturated carbocycles. The number of hydrogen-bond acceptors (Lipinski definition) is 8. The van der Waals surface area contributed by atoms with Crippen molar-refractivity contribution in [1.82, 2.24) is 38.1 Å². The number of fused-ring (bicyclic) bond motifs is 8. The van der Waals surface area contributed by atoms with E-state index in [1.807, 2.05) is 78.3 Å². The number of nitrogens with one attached hydrogen (secondary N) is 1. The number of aryl methyl sites for hydroxylation is 6. The monoisotopic (exact) mass is 904 g/mol. The predicted octanol–water partition coefficient (Wildman–Crippen LogP) is 7.01. The van der Waals surface area contributed by atoms with Crippen LogP contribution in [0.5, 0.6) is 11.5 Å². The molecular weight excluding hydrogens is 850 g/mol. The zero-order valence-corrected chi connectivity index (χ0v) is 38.6. The minimum absolute atomic E-state index is 0.144. The molecule has 0 amide bonds. The molecule has 334 valence electrons. The summed E-state index contributed by atoms with van der Waals surface area (Å²) in [5.41, 5.74) is 9.03. The first-order valence-electron chi connectivity index (χ1n) is 21.8. The Morgan fingerprint density at radius 2 is 1.67 bits per heavy atom. The van der Waals surface area contributed by atoms with Crippen LogP contribution < -0.4 is 19.7 Å². The van der Waals surface area contributed by atoms with Gasteiger partial charge in [0.05, 0.1) is 41.6 Å². The SMILES string of the molecule is CN(C)[SH+](=O)N1CCN(c2ccc(OCc3nn(C)c4c3-c3c(Cl)ccc5c(c(C(=O)O)n(C)c35)CCCOc3cc(cc5ccccc35)CCc3cc(nn3C)CNC4)cc2)CC1. The topological polar surface area (TPSA) is 135 Å². The van der Waals surface area contributed by atoms with Crippen molar-refractivity contribution in [1.29, 1.82) is 0 Å². The van der Waals surface area contributed by atoms with E-state index in [9.17, 15) is 14.1 Å². The third-order valence-corrected chi connectivity index (χ3v) is 14.4. The Kier molecular flexibility index (Phi) is 12.5. The second kappa shape index (κ2) is 18.4. The molecule has 4 aromatic carbocycles. The van der Waals surface area contributed by atoms with Gasteiger partial charge in [0.25, 0.3) is 0 Å². The van der Waals surface area contributed by atoms with Crippen LogP contribution in [0.25, 0.3) is 32.8 Å². The molecule has 0 spiro atoms. The smallest absolute Gasteiger partial charge is 0.352 e. The maximum absolute atomic E-state index is 13.1. The van der Waals surface area contributed by atoms with Crippen LogP contribution in [0.4, 0.5) is 5.69 Å². The van der Waals surface area contributed by atoms with E-state index in [1.165, 1.54) is 5.56 Å². The number of carboxylic acid groups (broad SMARTS) is 1. The van der Waals surface area contributed by atoms with Crippen LogP contribution in [0.3, 0.4) is 0 Å². The number of halogens is 1. The number of aromatic nitrogens is 5. The lowest BCUT2D eigenvalue weighted by Gasteiger charge is -2.33. The number of benzene rings is 4. The number of aromatic carboxylic acids is 1. The van der Waals surface area contributed by atoms with Gasteiger partial charge in [0.1, 0.15) is 29.5 Å². The number of ether oxygens (including phenoxy) is 2. The van der Waals surface area contributed by atoms with Crippen molar-refractivity contribution in [3.63, 3.8) is 0 Å². The van der Waals surface area contributed by atoms with Crippen molar-refractivity contribution < 1.29 is 23.6 Å². The lowest BCUT2D eigenvalue weighted by molar-refractivity contribution is 0.0685. The maximum Gasteiger partial charge on any atom is 0.352 e. The molecule has 2 aliphatic rings. The summed E-state index contributed by atoms with van der Waals surface area (Å²) >= 11 is 5.72. The van der Waals surface area contributed by atoms with Gasteiger partial charge >= 0.3 is 5.97 Å². The predicted molar refractivity (Wildman–Crippen MR) is 254 cm³/mol. The van der Waals surface area contributed by atoms with Gasteiger partial charge in [-0.05, 0) is 84.7 Å². The van der Waals surface area contributed by atoms with Crippen molar-refractivity contribution in [2.24, 2.45) is 21.1 Å². The summed E-state index contributed by atoms with van der Waals surface area (Å²) in [6, 6.07) is 26.6. The van der Waals surface area contributed by atoms with Gasteiger partial charge in [-0.25, -0.2) is 4.79 Å². The van der Waals surface area contributed by atoms with Gasteiger partial charge in [0.2, 0.25) is 11.2 Å². The van der Waals surface area contributed by atoms with Crippen LogP contribution in [0, 0.1) is 0 Å². The first-order chi connectivity index (χ1) is 30.9. The second-order valence-electron chi connectivity index (χ2n) is 16.8. The molecule has 7 aromatic rings. The number of piperazine rings is 1. The van der Waals surface area contributed by atoms with Gasteiger partial charge in [-0.1, -0.05) is 52.2 Å². The van der Waals surface area contributed by atoms with Crippen LogP contribution in [0.1, 0.15) is 50.8 Å². The molecule has 1 unspecified atom stereocenters. The minimum Gasteiger partial charge on any atom is -0.493 e. The van der Waals surface area contributed by atoms with Gasteiger partial charge in [0.15, 0.2) is 0 Å². The highest BCUT2D eigenvalue weighted by Gasteiger charge is 2.30. The Labute approximate surface area is 380 Å². The van der Waals surface area contributed by atoms with Crippen LogP contribution in [-0.4, -0.2) is 90.7 Å². The molecule has 0 radical (unpaired) electrons. The molecule has 9 rings (SSSR count). The zero-order valence-electron chi connectivity index (χ0n) is 37.0. The molecule has 2 N–H and O–H groups in total. The molecule has 8 bridgehead atoms. The van der Waals surface area contributed by atoms with E-state index >= 15 is 0 Å². The summed E-state index contributed by atoms with van der Waals surface area (Å²) in [5, 5.41) is 27.7. The summed E-state index contributed by atoms with van der Waals surface area (Å²) in [4.78, 5) is 15.4. The van der Waals surface area contributed by atoms with Gasteiger partial charge in [-0.3, -0.25) is 9.36 Å². The van der Waals surface area contributed by atoms with Crippen LogP contribution >= 0.6 is 11.6 Å². The Balaban J connectivity index is 1.06. The van der Waals surface area contributed by atoms with Gasteiger partial charge in [0, 0.05) is 94.7 Å². The Bertz CT molecular complexity index is 2880. The van der Waals surface area contributed by atoms with E-state index in [0.29, 0.717) is 54.6 Å². The number of thiol groups is 1. The first-order valence-corrected chi connectivity index (χ1v) is 23.3. The van der Waals surface area contributed by atoms with Crippen molar-refractivity contribution in [3.05, 3.63) is 123 Å². The largest absolute Gasteiger partial charge is 0.493 e. The first kappa shape index (κ1) is 43.5. The number of hydrogen-bond donors (Lipinski definition) is 2. The number of carbonyl (C=O) groups is 1. The highest BCUT2D eigenvalue weighted by Crippen LogP contribution is 2.42. The summed E-state index contributed by atoms with van der Waals surface area (Å²) in [6.45, 7) is 4.51. The molecule has 5 heterocycles. The Morgan fingerprint density at radius 3 is 2.44 bits per heavy atom. The molecular formula is C48H55ClN9O5S+. The average molecular weight is 906 g/mol. The molecule has 1 atom stereocenters. The molecule has 14 nitrogen and oxygen atoms in total. The molecule has 64 heavy (non-hydrogen) atoms. The summed E-state index contributed by atoms with van der Waals surface area (Å²) in [6.07, 6.45) is 2.72. The van der Waals surface area contributed by atoms with Crippen LogP contribution in [0.2, 0.25) is 5.02 Å². The fourth-order valence-corrected chi connectivity index (χ4v) is 10.6. The van der Waals surface area contributed by atoms with Gasteiger partial charge in [-0.15, -0.1) is 8.61 Å². The summed E-state index contributed by atoms with van der Waals surface area (Å²) < 4.78 is 35.0. The molecule has 1 fully saturated rings. The molecule has 16 heteroatoms. The summed E-state index contributed by atoms with van der Waals surface area (Å²) in [5.74, 6) is 0.499. The number of rotatable bonds is 7. The maximum atomic E-state index is 13.1. The fourth-order valence-electron chi connectivity index (χ4n) is 9.36. The van der Waals surface area contributed by atoms with E-state index in [-0.39, 0.29) is 12.3 Å². The van der Waals surface area contributed by atoms with Crippen molar-refractivity contribution in [2.45, 2.75) is 45.4 Å². The number of carboxylic acids is 1. The molecule has 0 aliphatic carbocycles. The highest BCUT2D eigenvalue weighted by atomic mass is 35.5. The lowest BCUT2D eigenvalue weighted by Crippen LogP contribution is -2.49. The zero-order chi connectivity index (χ0) is 44.6. The van der Waals surface area contributed by atoms with Gasteiger partial charge < -0.3 is 29.4 Å². The number of nitrogens with zero attached hydrogens (tertiary/aromatic N) is 8. The van der Waals surface area contributed by atoms with E-state index in [2.05, 4.69) is 52.7 Å². The third-order valence-electron chi connectivity index (χ3n) is 12.5. The van der Waals surface area contributed by atoms with Crippen molar-refractivity contribution in [3.8, 4) is 22.6 Å². The van der Waals surface area contributed by atoms with Crippen LogP contribution in [0.15, 0.2) is 78.9 Å². The molecule has 1 saturated heterocycles. The van der Waals surface area contributed by atoms with Crippen molar-refractivity contribution in [2.75, 3.05) is 51.8 Å². The number of anilines is 1. The summed E-state index contributed by atoms with van der Waals surface area (Å²) in [7, 11) is 9.40.